The SMILES string of the molecule is O[C@H]1CN(Cc2ccc(Cl)cc2)C[C@@H]1N1CCOCC1. The zero-order valence-electron chi connectivity index (χ0n) is 11.5. The van der Waals surface area contributed by atoms with E-state index in [-0.39, 0.29) is 12.1 Å². The highest BCUT2D eigenvalue weighted by molar-refractivity contribution is 6.30. The number of aliphatic hydroxyl groups is 1. The van der Waals surface area contributed by atoms with Crippen molar-refractivity contribution in [2.24, 2.45) is 0 Å². The highest BCUT2D eigenvalue weighted by Gasteiger charge is 2.35. The Balaban J connectivity index is 1.58. The molecule has 2 fully saturated rings. The molecule has 0 saturated carbocycles. The van der Waals surface area contributed by atoms with Crippen molar-refractivity contribution in [1.82, 2.24) is 9.80 Å². The summed E-state index contributed by atoms with van der Waals surface area (Å²) in [6.45, 7) is 5.94. The zero-order chi connectivity index (χ0) is 13.9. The van der Waals surface area contributed by atoms with Crippen LogP contribution >= 0.6 is 11.6 Å². The number of morpholine rings is 1. The number of rotatable bonds is 3. The van der Waals surface area contributed by atoms with E-state index in [9.17, 15) is 5.11 Å². The third-order valence-electron chi connectivity index (χ3n) is 4.17. The Morgan fingerprint density at radius 1 is 1.15 bits per heavy atom. The smallest absolute Gasteiger partial charge is 0.0834 e. The lowest BCUT2D eigenvalue weighted by Crippen LogP contribution is -2.48. The summed E-state index contributed by atoms with van der Waals surface area (Å²) in [7, 11) is 0. The Labute approximate surface area is 124 Å². The molecule has 0 amide bonds. The number of ether oxygens (including phenoxy) is 1. The van der Waals surface area contributed by atoms with Gasteiger partial charge in [-0.25, -0.2) is 0 Å². The molecule has 4 nitrogen and oxygen atoms in total. The lowest BCUT2D eigenvalue weighted by atomic mass is 10.1. The zero-order valence-corrected chi connectivity index (χ0v) is 12.3. The monoisotopic (exact) mass is 296 g/mol. The van der Waals surface area contributed by atoms with E-state index < -0.39 is 0 Å². The largest absolute Gasteiger partial charge is 0.390 e. The molecule has 1 N–H and O–H groups in total. The summed E-state index contributed by atoms with van der Waals surface area (Å²) in [5.74, 6) is 0. The standard InChI is InChI=1S/C15H21ClN2O2/c16-13-3-1-12(2-4-13)9-17-10-14(15(19)11-17)18-5-7-20-8-6-18/h1-4,14-15,19H,5-11H2/t14-,15-/m0/s1. The van der Waals surface area contributed by atoms with E-state index >= 15 is 0 Å². The van der Waals surface area contributed by atoms with Gasteiger partial charge in [0.25, 0.3) is 0 Å². The fraction of sp³-hybridized carbons (Fsp3) is 0.600. The number of likely N-dealkylation sites (tertiary alicyclic amines) is 1. The minimum atomic E-state index is -0.264. The minimum absolute atomic E-state index is 0.242. The number of β-amino-alcohol motifs (C(OH)–C–C–N with tert-alkyl or cyclic N) is 1. The summed E-state index contributed by atoms with van der Waals surface area (Å²) >= 11 is 5.90. The molecule has 2 aliphatic rings. The quantitative estimate of drug-likeness (QED) is 0.910. The molecule has 2 aliphatic heterocycles. The van der Waals surface area contributed by atoms with Crippen LogP contribution in [0, 0.1) is 0 Å². The van der Waals surface area contributed by atoms with E-state index in [0.29, 0.717) is 0 Å². The van der Waals surface area contributed by atoms with Gasteiger partial charge < -0.3 is 9.84 Å². The van der Waals surface area contributed by atoms with Crippen molar-refractivity contribution in [3.05, 3.63) is 34.9 Å². The second-order valence-corrected chi connectivity index (χ2v) is 6.04. The lowest BCUT2D eigenvalue weighted by molar-refractivity contribution is -0.00618. The van der Waals surface area contributed by atoms with Crippen LogP contribution in [0.1, 0.15) is 5.56 Å². The van der Waals surface area contributed by atoms with Gasteiger partial charge in [0.2, 0.25) is 0 Å². The van der Waals surface area contributed by atoms with Crippen LogP contribution in [-0.4, -0.2) is 66.4 Å². The molecule has 0 aliphatic carbocycles. The fourth-order valence-corrected chi connectivity index (χ4v) is 3.22. The number of benzene rings is 1. The molecule has 1 aromatic carbocycles. The van der Waals surface area contributed by atoms with Crippen LogP contribution in [0.3, 0.4) is 0 Å². The van der Waals surface area contributed by atoms with Crippen molar-refractivity contribution in [3.63, 3.8) is 0 Å². The first-order chi connectivity index (χ1) is 9.72. The first-order valence-electron chi connectivity index (χ1n) is 7.19. The van der Waals surface area contributed by atoms with Crippen LogP contribution in [0.15, 0.2) is 24.3 Å². The van der Waals surface area contributed by atoms with Gasteiger partial charge in [0.05, 0.1) is 19.3 Å². The first kappa shape index (κ1) is 14.3. The third-order valence-corrected chi connectivity index (χ3v) is 4.42. The van der Waals surface area contributed by atoms with Gasteiger partial charge in [-0.05, 0) is 17.7 Å². The van der Waals surface area contributed by atoms with Gasteiger partial charge in [-0.2, -0.15) is 0 Å². The predicted molar refractivity (Wildman–Crippen MR) is 78.9 cm³/mol. The number of hydrogen-bond donors (Lipinski definition) is 1. The molecular weight excluding hydrogens is 276 g/mol. The molecule has 1 aromatic rings. The molecule has 2 saturated heterocycles. The van der Waals surface area contributed by atoms with Crippen LogP contribution in [0.4, 0.5) is 0 Å². The summed E-state index contributed by atoms with van der Waals surface area (Å²) < 4.78 is 5.38. The van der Waals surface area contributed by atoms with Crippen molar-refractivity contribution in [2.45, 2.75) is 18.7 Å². The number of nitrogens with zero attached hydrogens (tertiary/aromatic N) is 2. The van der Waals surface area contributed by atoms with Crippen molar-refractivity contribution < 1.29 is 9.84 Å². The van der Waals surface area contributed by atoms with E-state index in [0.717, 1.165) is 51.0 Å². The van der Waals surface area contributed by atoms with Gasteiger partial charge in [0, 0.05) is 43.8 Å². The summed E-state index contributed by atoms with van der Waals surface area (Å²) in [6, 6.07) is 8.19. The van der Waals surface area contributed by atoms with Gasteiger partial charge >= 0.3 is 0 Å². The third kappa shape index (κ3) is 3.32. The van der Waals surface area contributed by atoms with E-state index in [1.807, 2.05) is 12.1 Å². The fourth-order valence-electron chi connectivity index (χ4n) is 3.09. The number of halogens is 1. The molecule has 0 aromatic heterocycles. The maximum Gasteiger partial charge on any atom is 0.0834 e. The van der Waals surface area contributed by atoms with Crippen LogP contribution in [0.25, 0.3) is 0 Å². The van der Waals surface area contributed by atoms with Crippen LogP contribution in [-0.2, 0) is 11.3 Å². The van der Waals surface area contributed by atoms with Crippen molar-refractivity contribution >= 4 is 11.6 Å². The van der Waals surface area contributed by atoms with E-state index in [2.05, 4.69) is 21.9 Å². The van der Waals surface area contributed by atoms with Crippen molar-refractivity contribution in [2.75, 3.05) is 39.4 Å². The summed E-state index contributed by atoms with van der Waals surface area (Å²) in [5, 5.41) is 11.1. The second-order valence-electron chi connectivity index (χ2n) is 5.60. The maximum absolute atomic E-state index is 10.3. The average molecular weight is 297 g/mol. The Morgan fingerprint density at radius 3 is 2.55 bits per heavy atom. The van der Waals surface area contributed by atoms with Crippen LogP contribution in [0.5, 0.6) is 0 Å². The van der Waals surface area contributed by atoms with Gasteiger partial charge in [0.1, 0.15) is 0 Å². The number of aliphatic hydroxyl groups excluding tert-OH is 1. The molecule has 0 bridgehead atoms. The minimum Gasteiger partial charge on any atom is -0.390 e. The van der Waals surface area contributed by atoms with E-state index in [1.165, 1.54) is 5.56 Å². The predicted octanol–water partition coefficient (Wildman–Crippen LogP) is 1.22. The normalized spacial score (nSPS) is 28.9. The molecule has 5 heteroatoms. The summed E-state index contributed by atoms with van der Waals surface area (Å²) in [5.41, 5.74) is 1.24. The van der Waals surface area contributed by atoms with Crippen LogP contribution in [0.2, 0.25) is 5.02 Å². The van der Waals surface area contributed by atoms with Gasteiger partial charge in [-0.3, -0.25) is 9.80 Å². The lowest BCUT2D eigenvalue weighted by Gasteiger charge is -2.33. The van der Waals surface area contributed by atoms with Crippen molar-refractivity contribution in [3.8, 4) is 0 Å². The average Bonchev–Trinajstić information content (AvgIpc) is 2.83. The Kier molecular flexibility index (Phi) is 4.58. The van der Waals surface area contributed by atoms with Crippen molar-refractivity contribution in [1.29, 1.82) is 0 Å². The molecule has 2 heterocycles. The molecule has 20 heavy (non-hydrogen) atoms. The summed E-state index contributed by atoms with van der Waals surface area (Å²) in [4.78, 5) is 4.67. The van der Waals surface area contributed by atoms with Crippen LogP contribution < -0.4 is 0 Å². The molecule has 0 radical (unpaired) electrons. The highest BCUT2D eigenvalue weighted by Crippen LogP contribution is 2.20. The number of hydrogen-bond acceptors (Lipinski definition) is 4. The summed E-state index contributed by atoms with van der Waals surface area (Å²) in [6.07, 6.45) is -0.264. The van der Waals surface area contributed by atoms with E-state index in [1.54, 1.807) is 0 Å². The van der Waals surface area contributed by atoms with Gasteiger partial charge in [-0.15, -0.1) is 0 Å². The molecule has 0 unspecified atom stereocenters. The van der Waals surface area contributed by atoms with E-state index in [4.69, 9.17) is 16.3 Å². The Bertz CT molecular complexity index is 434. The highest BCUT2D eigenvalue weighted by atomic mass is 35.5. The molecule has 3 rings (SSSR count). The maximum atomic E-state index is 10.3. The molecular formula is C15H21ClN2O2. The molecule has 110 valence electrons. The second kappa shape index (κ2) is 6.41. The molecule has 0 spiro atoms. The first-order valence-corrected chi connectivity index (χ1v) is 7.57. The Hall–Kier alpha value is -0.650. The Morgan fingerprint density at radius 2 is 1.85 bits per heavy atom. The van der Waals surface area contributed by atoms with Gasteiger partial charge in [-0.1, -0.05) is 23.7 Å². The van der Waals surface area contributed by atoms with Gasteiger partial charge in [0.15, 0.2) is 0 Å². The topological polar surface area (TPSA) is 35.9 Å². The molecule has 2 atom stereocenters.